The third-order valence-electron chi connectivity index (χ3n) is 4.21. The Kier molecular flexibility index (Phi) is 4.86. The number of likely N-dealkylation sites (tertiary alicyclic amines) is 1. The molecule has 3 nitrogen and oxygen atoms in total. The number of alkyl halides is 1. The normalized spacial score (nSPS) is 31.6. The van der Waals surface area contributed by atoms with E-state index in [4.69, 9.17) is 4.74 Å². The summed E-state index contributed by atoms with van der Waals surface area (Å²) in [6, 6.07) is 0.710. The van der Waals surface area contributed by atoms with E-state index in [2.05, 4.69) is 20.8 Å². The molecule has 1 saturated heterocycles. The molecular formula is C13H22BrNO2. The van der Waals surface area contributed by atoms with E-state index in [9.17, 15) is 4.79 Å². The van der Waals surface area contributed by atoms with Gasteiger partial charge in [-0.2, -0.15) is 0 Å². The molecule has 1 unspecified atom stereocenters. The van der Waals surface area contributed by atoms with Gasteiger partial charge < -0.3 is 4.74 Å². The van der Waals surface area contributed by atoms with Crippen LogP contribution in [0.25, 0.3) is 0 Å². The molecule has 0 amide bonds. The Balaban J connectivity index is 1.92. The molecule has 0 bridgehead atoms. The van der Waals surface area contributed by atoms with Crippen LogP contribution in [0.1, 0.15) is 38.5 Å². The van der Waals surface area contributed by atoms with Gasteiger partial charge in [-0.25, -0.2) is 0 Å². The molecule has 2 fully saturated rings. The SMILES string of the molecule is COC(=O)C(Br)CN1CCC[C@H]2CCCC[C@H]21. The van der Waals surface area contributed by atoms with Crippen molar-refractivity contribution < 1.29 is 9.53 Å². The molecule has 1 aliphatic heterocycles. The van der Waals surface area contributed by atoms with Crippen molar-refractivity contribution in [3.05, 3.63) is 0 Å². The number of halogens is 1. The molecule has 3 atom stereocenters. The number of fused-ring (bicyclic) bond motifs is 1. The predicted molar refractivity (Wildman–Crippen MR) is 71.3 cm³/mol. The highest BCUT2D eigenvalue weighted by molar-refractivity contribution is 9.10. The van der Waals surface area contributed by atoms with Crippen LogP contribution in [0.3, 0.4) is 0 Å². The van der Waals surface area contributed by atoms with Crippen molar-refractivity contribution in [1.82, 2.24) is 4.90 Å². The second kappa shape index (κ2) is 6.19. The molecule has 0 radical (unpaired) electrons. The van der Waals surface area contributed by atoms with Crippen molar-refractivity contribution in [3.63, 3.8) is 0 Å². The predicted octanol–water partition coefficient (Wildman–Crippen LogP) is 2.58. The van der Waals surface area contributed by atoms with Crippen molar-refractivity contribution in [1.29, 1.82) is 0 Å². The van der Waals surface area contributed by atoms with Crippen LogP contribution in [-0.4, -0.2) is 41.9 Å². The van der Waals surface area contributed by atoms with Crippen LogP contribution < -0.4 is 0 Å². The van der Waals surface area contributed by atoms with Gasteiger partial charge in [-0.1, -0.05) is 28.8 Å². The molecular weight excluding hydrogens is 282 g/mol. The third kappa shape index (κ3) is 3.22. The summed E-state index contributed by atoms with van der Waals surface area (Å²) >= 11 is 3.44. The minimum absolute atomic E-state index is 0.150. The molecule has 0 aromatic carbocycles. The lowest BCUT2D eigenvalue weighted by Crippen LogP contribution is -2.49. The maximum atomic E-state index is 11.4. The lowest BCUT2D eigenvalue weighted by Gasteiger charge is -2.44. The molecule has 98 valence electrons. The zero-order chi connectivity index (χ0) is 12.3. The lowest BCUT2D eigenvalue weighted by molar-refractivity contribution is -0.140. The summed E-state index contributed by atoms with van der Waals surface area (Å²) in [6.07, 6.45) is 8.10. The number of nitrogens with zero attached hydrogens (tertiary/aromatic N) is 1. The van der Waals surface area contributed by atoms with E-state index >= 15 is 0 Å². The molecule has 0 aromatic heterocycles. The van der Waals surface area contributed by atoms with Crippen molar-refractivity contribution >= 4 is 21.9 Å². The fraction of sp³-hybridized carbons (Fsp3) is 0.923. The van der Waals surface area contributed by atoms with Gasteiger partial charge in [0.15, 0.2) is 0 Å². The smallest absolute Gasteiger partial charge is 0.320 e. The molecule has 1 aliphatic carbocycles. The number of hydrogen-bond acceptors (Lipinski definition) is 3. The Morgan fingerprint density at radius 2 is 2.06 bits per heavy atom. The van der Waals surface area contributed by atoms with Crippen molar-refractivity contribution in [2.75, 3.05) is 20.2 Å². The van der Waals surface area contributed by atoms with Crippen molar-refractivity contribution in [2.24, 2.45) is 5.92 Å². The Bertz CT molecular complexity index is 270. The Morgan fingerprint density at radius 1 is 1.35 bits per heavy atom. The standard InChI is InChI=1S/C13H22BrNO2/c1-17-13(16)11(14)9-15-8-4-6-10-5-2-3-7-12(10)15/h10-12H,2-9H2,1H3/t10-,11?,12-/m1/s1. The first-order chi connectivity index (χ1) is 8.22. The molecule has 1 saturated carbocycles. The van der Waals surface area contributed by atoms with E-state index in [1.165, 1.54) is 45.6 Å². The first-order valence-corrected chi connectivity index (χ1v) is 7.60. The van der Waals surface area contributed by atoms with E-state index in [1.54, 1.807) is 0 Å². The maximum Gasteiger partial charge on any atom is 0.320 e. The Hall–Kier alpha value is -0.0900. The summed E-state index contributed by atoms with van der Waals surface area (Å²) < 4.78 is 4.78. The number of piperidine rings is 1. The van der Waals surface area contributed by atoms with E-state index < -0.39 is 0 Å². The third-order valence-corrected chi connectivity index (χ3v) is 4.87. The van der Waals surface area contributed by atoms with Gasteiger partial charge in [0.25, 0.3) is 0 Å². The van der Waals surface area contributed by atoms with Gasteiger partial charge in [0.1, 0.15) is 4.83 Å². The highest BCUT2D eigenvalue weighted by Crippen LogP contribution is 2.35. The Morgan fingerprint density at radius 3 is 2.82 bits per heavy atom. The van der Waals surface area contributed by atoms with Gasteiger partial charge in [-0.15, -0.1) is 0 Å². The quantitative estimate of drug-likeness (QED) is 0.593. The second-order valence-corrected chi connectivity index (χ2v) is 6.35. The molecule has 2 aliphatic rings. The molecule has 2 rings (SSSR count). The number of carbonyl (C=O) groups excluding carboxylic acids is 1. The highest BCUT2D eigenvalue weighted by Gasteiger charge is 2.34. The van der Waals surface area contributed by atoms with Gasteiger partial charge >= 0.3 is 5.97 Å². The van der Waals surface area contributed by atoms with Gasteiger partial charge in [-0.05, 0) is 38.1 Å². The maximum absolute atomic E-state index is 11.4. The summed E-state index contributed by atoms with van der Waals surface area (Å²) in [5, 5.41) is 0. The lowest BCUT2D eigenvalue weighted by atomic mass is 9.78. The van der Waals surface area contributed by atoms with Gasteiger partial charge in [0, 0.05) is 12.6 Å². The first kappa shape index (κ1) is 13.3. The van der Waals surface area contributed by atoms with E-state index in [1.807, 2.05) is 0 Å². The molecule has 1 heterocycles. The number of carbonyl (C=O) groups is 1. The zero-order valence-electron chi connectivity index (χ0n) is 10.5. The van der Waals surface area contributed by atoms with Crippen molar-refractivity contribution in [3.8, 4) is 0 Å². The molecule has 0 aromatic rings. The number of ether oxygens (including phenoxy) is 1. The number of methoxy groups -OCH3 is 1. The van der Waals surface area contributed by atoms with Gasteiger partial charge in [0.05, 0.1) is 7.11 Å². The minimum Gasteiger partial charge on any atom is -0.468 e. The zero-order valence-corrected chi connectivity index (χ0v) is 12.1. The van der Waals surface area contributed by atoms with E-state index in [-0.39, 0.29) is 10.8 Å². The van der Waals surface area contributed by atoms with Crippen LogP contribution >= 0.6 is 15.9 Å². The number of rotatable bonds is 3. The molecule has 0 spiro atoms. The van der Waals surface area contributed by atoms with Crippen LogP contribution in [0.4, 0.5) is 0 Å². The van der Waals surface area contributed by atoms with Crippen LogP contribution in [0.2, 0.25) is 0 Å². The summed E-state index contributed by atoms with van der Waals surface area (Å²) in [4.78, 5) is 13.8. The topological polar surface area (TPSA) is 29.5 Å². The van der Waals surface area contributed by atoms with Crippen LogP contribution in [0.15, 0.2) is 0 Å². The monoisotopic (exact) mass is 303 g/mol. The van der Waals surface area contributed by atoms with E-state index in [0.29, 0.717) is 6.04 Å². The molecule has 0 N–H and O–H groups in total. The number of esters is 1. The van der Waals surface area contributed by atoms with E-state index in [0.717, 1.165) is 19.0 Å². The van der Waals surface area contributed by atoms with Crippen molar-refractivity contribution in [2.45, 2.75) is 49.4 Å². The highest BCUT2D eigenvalue weighted by atomic mass is 79.9. The molecule has 17 heavy (non-hydrogen) atoms. The van der Waals surface area contributed by atoms with Gasteiger partial charge in [-0.3, -0.25) is 9.69 Å². The fourth-order valence-electron chi connectivity index (χ4n) is 3.36. The van der Waals surface area contributed by atoms with Crippen LogP contribution in [0.5, 0.6) is 0 Å². The second-order valence-electron chi connectivity index (χ2n) is 5.24. The number of hydrogen-bond donors (Lipinski definition) is 0. The average Bonchev–Trinajstić information content (AvgIpc) is 2.38. The van der Waals surface area contributed by atoms with Gasteiger partial charge in [0.2, 0.25) is 0 Å². The largest absolute Gasteiger partial charge is 0.468 e. The summed E-state index contributed by atoms with van der Waals surface area (Å²) in [5.74, 6) is 0.720. The summed E-state index contributed by atoms with van der Waals surface area (Å²) in [7, 11) is 1.45. The fourth-order valence-corrected chi connectivity index (χ4v) is 3.92. The first-order valence-electron chi connectivity index (χ1n) is 6.68. The van der Waals surface area contributed by atoms with Crippen LogP contribution in [0, 0.1) is 5.92 Å². The van der Waals surface area contributed by atoms with Crippen LogP contribution in [-0.2, 0) is 9.53 Å². The summed E-state index contributed by atoms with van der Waals surface area (Å²) in [5.41, 5.74) is 0. The minimum atomic E-state index is -0.173. The summed E-state index contributed by atoms with van der Waals surface area (Å²) in [6.45, 7) is 1.94. The molecule has 4 heteroatoms. The average molecular weight is 304 g/mol. The Labute approximate surface area is 112 Å².